The molecule has 1 aromatic carbocycles. The molecule has 0 radical (unpaired) electrons. The van der Waals surface area contributed by atoms with E-state index < -0.39 is 6.10 Å². The molecule has 0 atom stereocenters. The molecule has 1 aromatic rings. The van der Waals surface area contributed by atoms with Gasteiger partial charge in [0.1, 0.15) is 12.7 Å². The molecule has 0 aliphatic heterocycles. The minimum Gasteiger partial charge on any atom is -0.458 e. The molecule has 0 spiro atoms. The fourth-order valence-corrected chi connectivity index (χ4v) is 0.845. The molecule has 0 saturated carbocycles. The number of hydrogen-bond acceptors (Lipinski definition) is 5. The lowest BCUT2D eigenvalue weighted by Crippen LogP contribution is -2.15. The minimum atomic E-state index is -0.954. The second-order valence-electron chi connectivity index (χ2n) is 3.32. The molecule has 18 heavy (non-hydrogen) atoms. The topological polar surface area (TPSA) is 87.0 Å². The number of aliphatic hydroxyl groups excluding tert-OH is 3. The Bertz CT molecular complexity index is 332. The summed E-state index contributed by atoms with van der Waals surface area (Å²) in [6.07, 6.45) is 0.202. The summed E-state index contributed by atoms with van der Waals surface area (Å²) in [6.45, 7) is 2.88. The normalized spacial score (nSPS) is 9.33. The van der Waals surface area contributed by atoms with Gasteiger partial charge in [0.25, 0.3) is 0 Å². The first-order chi connectivity index (χ1) is 8.63. The van der Waals surface area contributed by atoms with E-state index in [0.717, 1.165) is 11.6 Å². The van der Waals surface area contributed by atoms with Crippen LogP contribution in [0.5, 0.6) is 0 Å². The van der Waals surface area contributed by atoms with Crippen molar-refractivity contribution in [1.29, 1.82) is 0 Å². The standard InChI is InChI=1S/C10H10O2.C3H8O3/c1-2-10(11)12-8-9-6-4-3-5-7-9;4-1-3(6)2-5/h2-7H,1,8H2;3-6H,1-2H2. The van der Waals surface area contributed by atoms with Gasteiger partial charge in [0.2, 0.25) is 0 Å². The van der Waals surface area contributed by atoms with Crippen LogP contribution < -0.4 is 0 Å². The van der Waals surface area contributed by atoms with Crippen LogP contribution in [0.25, 0.3) is 0 Å². The van der Waals surface area contributed by atoms with Gasteiger partial charge in [-0.25, -0.2) is 4.79 Å². The van der Waals surface area contributed by atoms with E-state index in [4.69, 9.17) is 20.1 Å². The van der Waals surface area contributed by atoms with Crippen molar-refractivity contribution in [3.8, 4) is 0 Å². The lowest BCUT2D eigenvalue weighted by molar-refractivity contribution is -0.138. The maximum atomic E-state index is 10.6. The van der Waals surface area contributed by atoms with Crippen molar-refractivity contribution in [2.75, 3.05) is 13.2 Å². The first-order valence-corrected chi connectivity index (χ1v) is 5.37. The molecule has 0 heterocycles. The van der Waals surface area contributed by atoms with Gasteiger partial charge < -0.3 is 20.1 Å². The van der Waals surface area contributed by atoms with E-state index in [1.54, 1.807) is 0 Å². The molecule has 0 saturated heterocycles. The smallest absolute Gasteiger partial charge is 0.330 e. The zero-order chi connectivity index (χ0) is 13.8. The summed E-state index contributed by atoms with van der Waals surface area (Å²) in [4.78, 5) is 10.6. The number of carbonyl (C=O) groups is 1. The van der Waals surface area contributed by atoms with Gasteiger partial charge >= 0.3 is 5.97 Å². The summed E-state index contributed by atoms with van der Waals surface area (Å²) >= 11 is 0. The minimum absolute atomic E-state index is 0.311. The van der Waals surface area contributed by atoms with Gasteiger partial charge in [-0.15, -0.1) is 0 Å². The van der Waals surface area contributed by atoms with Crippen LogP contribution in [-0.2, 0) is 16.1 Å². The second kappa shape index (κ2) is 10.5. The number of rotatable bonds is 5. The Morgan fingerprint density at radius 3 is 2.22 bits per heavy atom. The Labute approximate surface area is 106 Å². The van der Waals surface area contributed by atoms with Crippen molar-refractivity contribution < 1.29 is 24.9 Å². The highest BCUT2D eigenvalue weighted by atomic mass is 16.5. The number of hydrogen-bond donors (Lipinski definition) is 3. The summed E-state index contributed by atoms with van der Waals surface area (Å²) < 4.78 is 4.82. The number of benzene rings is 1. The van der Waals surface area contributed by atoms with Crippen LogP contribution in [0.2, 0.25) is 0 Å². The highest BCUT2D eigenvalue weighted by Gasteiger charge is 1.95. The van der Waals surface area contributed by atoms with Crippen molar-refractivity contribution in [2.24, 2.45) is 0 Å². The molecule has 1 rings (SSSR count). The molecular weight excluding hydrogens is 236 g/mol. The summed E-state index contributed by atoms with van der Waals surface area (Å²) in [7, 11) is 0. The molecule has 100 valence electrons. The highest BCUT2D eigenvalue weighted by Crippen LogP contribution is 2.00. The van der Waals surface area contributed by atoms with Gasteiger partial charge in [-0.2, -0.15) is 0 Å². The van der Waals surface area contributed by atoms with E-state index >= 15 is 0 Å². The molecule has 0 aliphatic rings. The number of aliphatic hydroxyl groups is 3. The first kappa shape index (κ1) is 16.3. The zero-order valence-electron chi connectivity index (χ0n) is 10.0. The predicted molar refractivity (Wildman–Crippen MR) is 66.6 cm³/mol. The van der Waals surface area contributed by atoms with Crippen LogP contribution in [0.15, 0.2) is 43.0 Å². The molecule has 0 unspecified atom stereocenters. The molecule has 5 heteroatoms. The fraction of sp³-hybridized carbons (Fsp3) is 0.308. The van der Waals surface area contributed by atoms with Crippen LogP contribution in [0.1, 0.15) is 5.56 Å². The van der Waals surface area contributed by atoms with Crippen molar-refractivity contribution in [3.63, 3.8) is 0 Å². The van der Waals surface area contributed by atoms with Crippen molar-refractivity contribution >= 4 is 5.97 Å². The maximum absolute atomic E-state index is 10.6. The van der Waals surface area contributed by atoms with E-state index in [1.807, 2.05) is 30.3 Å². The van der Waals surface area contributed by atoms with Gasteiger partial charge in [0.15, 0.2) is 0 Å². The fourth-order valence-electron chi connectivity index (χ4n) is 0.845. The van der Waals surface area contributed by atoms with E-state index in [1.165, 1.54) is 0 Å². The van der Waals surface area contributed by atoms with Crippen LogP contribution >= 0.6 is 0 Å². The molecular formula is C13H18O5. The maximum Gasteiger partial charge on any atom is 0.330 e. The third kappa shape index (κ3) is 8.46. The molecule has 0 fully saturated rings. The third-order valence-electron chi connectivity index (χ3n) is 1.81. The molecule has 0 aromatic heterocycles. The van der Waals surface area contributed by atoms with Crippen LogP contribution in [0.3, 0.4) is 0 Å². The van der Waals surface area contributed by atoms with Gasteiger partial charge in [-0.3, -0.25) is 0 Å². The average Bonchev–Trinajstić information content (AvgIpc) is 2.45. The van der Waals surface area contributed by atoms with Gasteiger partial charge in [-0.1, -0.05) is 36.9 Å². The van der Waals surface area contributed by atoms with Crippen molar-refractivity contribution in [3.05, 3.63) is 48.6 Å². The lowest BCUT2D eigenvalue weighted by Gasteiger charge is -2.00. The average molecular weight is 254 g/mol. The zero-order valence-corrected chi connectivity index (χ0v) is 10.0. The Morgan fingerprint density at radius 1 is 1.28 bits per heavy atom. The van der Waals surface area contributed by atoms with Crippen molar-refractivity contribution in [1.82, 2.24) is 0 Å². The summed E-state index contributed by atoms with van der Waals surface area (Å²) in [5.41, 5.74) is 0.979. The lowest BCUT2D eigenvalue weighted by atomic mass is 10.2. The third-order valence-corrected chi connectivity index (χ3v) is 1.81. The number of esters is 1. The predicted octanol–water partition coefficient (Wildman–Crippen LogP) is 0.248. The molecule has 0 amide bonds. The van der Waals surface area contributed by atoms with Crippen LogP contribution in [0, 0.1) is 0 Å². The quantitative estimate of drug-likeness (QED) is 0.518. The first-order valence-electron chi connectivity index (χ1n) is 5.37. The summed E-state index contributed by atoms with van der Waals surface area (Å²) in [5, 5.41) is 24.0. The Kier molecular flexibility index (Phi) is 9.48. The molecule has 5 nitrogen and oxygen atoms in total. The second-order valence-corrected chi connectivity index (χ2v) is 3.32. The van der Waals surface area contributed by atoms with Crippen LogP contribution in [-0.4, -0.2) is 40.6 Å². The van der Waals surface area contributed by atoms with Crippen LogP contribution in [0.4, 0.5) is 0 Å². The largest absolute Gasteiger partial charge is 0.458 e. The van der Waals surface area contributed by atoms with E-state index in [0.29, 0.717) is 6.61 Å². The van der Waals surface area contributed by atoms with E-state index in [-0.39, 0.29) is 19.2 Å². The van der Waals surface area contributed by atoms with E-state index in [2.05, 4.69) is 6.58 Å². The number of carbonyl (C=O) groups excluding carboxylic acids is 1. The van der Waals surface area contributed by atoms with Gasteiger partial charge in [0.05, 0.1) is 13.2 Å². The summed E-state index contributed by atoms with van der Waals surface area (Å²) in [5.74, 6) is -0.390. The Morgan fingerprint density at radius 2 is 1.83 bits per heavy atom. The van der Waals surface area contributed by atoms with Gasteiger partial charge in [-0.05, 0) is 5.56 Å². The van der Waals surface area contributed by atoms with E-state index in [9.17, 15) is 4.79 Å². The monoisotopic (exact) mass is 254 g/mol. The van der Waals surface area contributed by atoms with Gasteiger partial charge in [0, 0.05) is 6.08 Å². The Balaban J connectivity index is 0.000000411. The Hall–Kier alpha value is -1.69. The number of ether oxygens (including phenoxy) is 1. The molecule has 3 N–H and O–H groups in total. The molecule has 0 aliphatic carbocycles. The molecule has 0 bridgehead atoms. The highest BCUT2D eigenvalue weighted by molar-refractivity contribution is 5.81. The summed E-state index contributed by atoms with van der Waals surface area (Å²) in [6, 6.07) is 9.51. The SMILES string of the molecule is C=CC(=O)OCc1ccccc1.OCC(O)CO. The van der Waals surface area contributed by atoms with Crippen molar-refractivity contribution in [2.45, 2.75) is 12.7 Å².